The second-order valence-electron chi connectivity index (χ2n) is 7.07. The van der Waals surface area contributed by atoms with Gasteiger partial charge in [-0.2, -0.15) is 11.3 Å². The molecule has 1 amide bonds. The maximum atomic E-state index is 12.9. The molecule has 0 spiro atoms. The van der Waals surface area contributed by atoms with Crippen LogP contribution in [0.3, 0.4) is 0 Å². The van der Waals surface area contributed by atoms with Crippen LogP contribution < -0.4 is 16.2 Å². The van der Waals surface area contributed by atoms with Gasteiger partial charge in [-0.15, -0.1) is 0 Å². The average molecular weight is 484 g/mol. The summed E-state index contributed by atoms with van der Waals surface area (Å²) >= 11 is 7.52. The van der Waals surface area contributed by atoms with Gasteiger partial charge in [0, 0.05) is 27.2 Å². The van der Waals surface area contributed by atoms with Crippen LogP contribution in [0.1, 0.15) is 10.4 Å². The highest BCUT2D eigenvalue weighted by molar-refractivity contribution is 7.89. The number of primary sulfonamides is 1. The quantitative estimate of drug-likeness (QED) is 0.337. The molecule has 4 rings (SSSR count). The van der Waals surface area contributed by atoms with Gasteiger partial charge in [0.2, 0.25) is 10.0 Å². The Morgan fingerprint density at radius 3 is 2.25 bits per heavy atom. The Balaban J connectivity index is 1.82. The molecular weight excluding hydrogens is 466 g/mol. The van der Waals surface area contributed by atoms with Crippen LogP contribution in [0.5, 0.6) is 0 Å². The number of sulfonamides is 1. The molecule has 0 saturated carbocycles. The van der Waals surface area contributed by atoms with Crippen LogP contribution in [0.25, 0.3) is 22.3 Å². The molecule has 162 valence electrons. The van der Waals surface area contributed by atoms with Gasteiger partial charge in [0.15, 0.2) is 0 Å². The molecule has 0 bridgehead atoms. The highest BCUT2D eigenvalue weighted by Gasteiger charge is 2.14. The van der Waals surface area contributed by atoms with E-state index >= 15 is 0 Å². The lowest BCUT2D eigenvalue weighted by Gasteiger charge is -2.13. The van der Waals surface area contributed by atoms with Crippen LogP contribution in [-0.4, -0.2) is 14.3 Å². The summed E-state index contributed by atoms with van der Waals surface area (Å²) < 4.78 is 23.2. The van der Waals surface area contributed by atoms with Crippen LogP contribution in [0, 0.1) is 0 Å². The first-order valence-electron chi connectivity index (χ1n) is 9.38. The summed E-state index contributed by atoms with van der Waals surface area (Å²) in [5.41, 5.74) is 10.7. The van der Waals surface area contributed by atoms with Crippen LogP contribution in [0.2, 0.25) is 5.02 Å². The molecule has 0 atom stereocenters. The monoisotopic (exact) mass is 483 g/mol. The van der Waals surface area contributed by atoms with Gasteiger partial charge >= 0.3 is 0 Å². The molecule has 5 N–H and O–H groups in total. The van der Waals surface area contributed by atoms with E-state index in [2.05, 4.69) is 5.32 Å². The first-order chi connectivity index (χ1) is 15.2. The Labute approximate surface area is 194 Å². The van der Waals surface area contributed by atoms with Crippen molar-refractivity contribution in [2.45, 2.75) is 4.90 Å². The summed E-state index contributed by atoms with van der Waals surface area (Å²) in [6, 6.07) is 18.5. The number of anilines is 2. The lowest BCUT2D eigenvalue weighted by Crippen LogP contribution is -2.12. The summed E-state index contributed by atoms with van der Waals surface area (Å²) in [5.74, 6) is -0.278. The Hall–Kier alpha value is -3.17. The molecule has 6 nitrogen and oxygen atoms in total. The number of carbonyl (C=O) groups excluding carboxylic acids is 1. The first-order valence-corrected chi connectivity index (χ1v) is 12.2. The third-order valence-corrected chi connectivity index (χ3v) is 6.66. The number of nitrogen functional groups attached to an aromatic ring is 1. The molecule has 1 aromatic heterocycles. The lowest BCUT2D eigenvalue weighted by molar-refractivity contribution is 0.102. The summed E-state index contributed by atoms with van der Waals surface area (Å²) in [6.07, 6.45) is 0. The van der Waals surface area contributed by atoms with E-state index in [1.807, 2.05) is 22.9 Å². The standard InChI is InChI=1S/C23H18ClN3O3S2/c24-18-3-6-21(22(25)12-18)16-9-15(14-1-4-20(5-2-14)32(26,29)30)10-17(11-16)23(28)27-19-7-8-31-13-19/h1-13H,25H2,(H,27,28)(H2,26,29,30). The van der Waals surface area contributed by atoms with E-state index in [9.17, 15) is 13.2 Å². The van der Waals surface area contributed by atoms with Crippen LogP contribution in [-0.2, 0) is 10.0 Å². The fraction of sp³-hybridized carbons (Fsp3) is 0. The molecule has 1 heterocycles. The van der Waals surface area contributed by atoms with Crippen molar-refractivity contribution in [2.24, 2.45) is 5.14 Å². The zero-order valence-electron chi connectivity index (χ0n) is 16.6. The summed E-state index contributed by atoms with van der Waals surface area (Å²) in [7, 11) is -3.81. The van der Waals surface area contributed by atoms with Gasteiger partial charge in [-0.25, -0.2) is 13.6 Å². The van der Waals surface area contributed by atoms with Gasteiger partial charge in [-0.3, -0.25) is 4.79 Å². The Bertz CT molecular complexity index is 1400. The van der Waals surface area contributed by atoms with Crippen molar-refractivity contribution in [3.8, 4) is 22.3 Å². The third-order valence-electron chi connectivity index (χ3n) is 4.82. The minimum Gasteiger partial charge on any atom is -0.398 e. The molecule has 3 aromatic carbocycles. The fourth-order valence-corrected chi connectivity index (χ4v) is 4.54. The molecule has 0 aliphatic carbocycles. The molecule has 0 unspecified atom stereocenters. The van der Waals surface area contributed by atoms with Crippen molar-refractivity contribution in [1.82, 2.24) is 0 Å². The minimum absolute atomic E-state index is 0.00905. The summed E-state index contributed by atoms with van der Waals surface area (Å²) in [4.78, 5) is 13.0. The highest BCUT2D eigenvalue weighted by Crippen LogP contribution is 2.33. The molecule has 0 radical (unpaired) electrons. The third kappa shape index (κ3) is 4.84. The smallest absolute Gasteiger partial charge is 0.255 e. The van der Waals surface area contributed by atoms with Crippen molar-refractivity contribution in [3.05, 3.63) is 88.1 Å². The van der Waals surface area contributed by atoms with E-state index in [0.29, 0.717) is 27.5 Å². The zero-order valence-corrected chi connectivity index (χ0v) is 19.0. The van der Waals surface area contributed by atoms with Crippen LogP contribution in [0.15, 0.2) is 82.4 Å². The molecule has 0 aliphatic rings. The SMILES string of the molecule is Nc1cc(Cl)ccc1-c1cc(C(=O)Nc2ccsc2)cc(-c2ccc(S(N)(=O)=O)cc2)c1. The molecular formula is C23H18ClN3O3S2. The number of rotatable bonds is 5. The Kier molecular flexibility index (Phi) is 6.03. The first kappa shape index (κ1) is 22.0. The van der Waals surface area contributed by atoms with Crippen LogP contribution >= 0.6 is 22.9 Å². The average Bonchev–Trinajstić information content (AvgIpc) is 3.26. The van der Waals surface area contributed by atoms with Gasteiger partial charge in [0.25, 0.3) is 5.91 Å². The largest absolute Gasteiger partial charge is 0.398 e. The lowest BCUT2D eigenvalue weighted by atomic mass is 9.95. The normalized spacial score (nSPS) is 11.3. The summed E-state index contributed by atoms with van der Waals surface area (Å²) in [5, 5.41) is 12.3. The Morgan fingerprint density at radius 2 is 1.62 bits per heavy atom. The van der Waals surface area contributed by atoms with E-state index in [1.54, 1.807) is 42.5 Å². The number of hydrogen-bond donors (Lipinski definition) is 3. The fourth-order valence-electron chi connectivity index (χ4n) is 3.25. The van der Waals surface area contributed by atoms with Crippen molar-refractivity contribution in [1.29, 1.82) is 0 Å². The molecule has 0 saturated heterocycles. The van der Waals surface area contributed by atoms with E-state index in [0.717, 1.165) is 16.7 Å². The van der Waals surface area contributed by atoms with E-state index in [1.165, 1.54) is 23.5 Å². The maximum absolute atomic E-state index is 12.9. The van der Waals surface area contributed by atoms with Crippen molar-refractivity contribution in [3.63, 3.8) is 0 Å². The minimum atomic E-state index is -3.81. The second kappa shape index (κ2) is 8.76. The molecule has 32 heavy (non-hydrogen) atoms. The van der Waals surface area contributed by atoms with Crippen molar-refractivity contribution in [2.75, 3.05) is 11.1 Å². The van der Waals surface area contributed by atoms with Crippen LogP contribution in [0.4, 0.5) is 11.4 Å². The predicted molar refractivity (Wildman–Crippen MR) is 130 cm³/mol. The number of halogens is 1. The number of nitrogens with two attached hydrogens (primary N) is 2. The number of nitrogens with one attached hydrogen (secondary N) is 1. The molecule has 0 fully saturated rings. The van der Waals surface area contributed by atoms with E-state index in [4.69, 9.17) is 22.5 Å². The van der Waals surface area contributed by atoms with Gasteiger partial charge in [0.05, 0.1) is 10.6 Å². The van der Waals surface area contributed by atoms with Gasteiger partial charge in [-0.1, -0.05) is 29.8 Å². The van der Waals surface area contributed by atoms with E-state index in [-0.39, 0.29) is 10.8 Å². The van der Waals surface area contributed by atoms with Gasteiger partial charge < -0.3 is 11.1 Å². The van der Waals surface area contributed by atoms with Crippen molar-refractivity contribution >= 4 is 50.2 Å². The van der Waals surface area contributed by atoms with Gasteiger partial charge in [-0.05, 0) is 70.6 Å². The maximum Gasteiger partial charge on any atom is 0.255 e. The number of carbonyl (C=O) groups is 1. The molecule has 4 aromatic rings. The Morgan fingerprint density at radius 1 is 0.906 bits per heavy atom. The number of thiophene rings is 1. The summed E-state index contributed by atoms with van der Waals surface area (Å²) in [6.45, 7) is 0. The highest BCUT2D eigenvalue weighted by atomic mass is 35.5. The zero-order chi connectivity index (χ0) is 22.9. The molecule has 9 heteroatoms. The van der Waals surface area contributed by atoms with Gasteiger partial charge in [0.1, 0.15) is 0 Å². The second-order valence-corrected chi connectivity index (χ2v) is 9.84. The number of amides is 1. The van der Waals surface area contributed by atoms with Crippen molar-refractivity contribution < 1.29 is 13.2 Å². The topological polar surface area (TPSA) is 115 Å². The number of benzene rings is 3. The predicted octanol–water partition coefficient (Wildman–Crippen LogP) is 5.22. The van der Waals surface area contributed by atoms with E-state index < -0.39 is 10.0 Å². The molecule has 0 aliphatic heterocycles. The number of hydrogen-bond acceptors (Lipinski definition) is 5.